The summed E-state index contributed by atoms with van der Waals surface area (Å²) < 4.78 is 9.75. The molecule has 0 N–H and O–H groups in total. The maximum absolute atomic E-state index is 14.0. The van der Waals surface area contributed by atoms with E-state index in [2.05, 4.69) is 0 Å². The molecule has 148 valence electrons. The number of carbonyl (C=O) groups is 5. The van der Waals surface area contributed by atoms with E-state index in [0.717, 1.165) is 0 Å². The molecule has 0 aromatic rings. The van der Waals surface area contributed by atoms with Crippen molar-refractivity contribution in [2.45, 2.75) is 39.5 Å². The van der Waals surface area contributed by atoms with Crippen LogP contribution in [0.25, 0.3) is 0 Å². The first-order chi connectivity index (χ1) is 13.2. The molecule has 7 heteroatoms. The van der Waals surface area contributed by atoms with Crippen molar-refractivity contribution in [3.8, 4) is 0 Å². The zero-order valence-corrected chi connectivity index (χ0v) is 15.8. The lowest BCUT2D eigenvalue weighted by Gasteiger charge is -2.45. The van der Waals surface area contributed by atoms with E-state index < -0.39 is 58.4 Å². The van der Waals surface area contributed by atoms with E-state index in [9.17, 15) is 24.0 Å². The average molecular weight is 386 g/mol. The Balaban J connectivity index is 1.34. The second-order valence-corrected chi connectivity index (χ2v) is 10.4. The Bertz CT molecular complexity index is 821. The number of hydrogen-bond donors (Lipinski definition) is 0. The number of fused-ring (bicyclic) bond motifs is 10. The summed E-state index contributed by atoms with van der Waals surface area (Å²) in [7, 11) is 0. The molecule has 0 amide bonds. The predicted molar refractivity (Wildman–Crippen MR) is 89.8 cm³/mol. The molecule has 9 unspecified atom stereocenters. The first-order valence-corrected chi connectivity index (χ1v) is 10.2. The van der Waals surface area contributed by atoms with Crippen molar-refractivity contribution in [2.75, 3.05) is 0 Å². The SMILES string of the molecule is CC1(C(=O)[C@@]2(C)CC3CC2C2C(=O)OC(=O)C32)CC2CC1C1C(=O)OC(=O)C21. The minimum atomic E-state index is -0.698. The summed E-state index contributed by atoms with van der Waals surface area (Å²) in [5.74, 6) is -3.87. The van der Waals surface area contributed by atoms with Crippen molar-refractivity contribution in [1.82, 2.24) is 0 Å². The van der Waals surface area contributed by atoms with Gasteiger partial charge in [0.15, 0.2) is 0 Å². The minimum absolute atomic E-state index is 0.0101. The Morgan fingerprint density at radius 2 is 1.07 bits per heavy atom. The molecule has 7 nitrogen and oxygen atoms in total. The van der Waals surface area contributed by atoms with E-state index in [0.29, 0.717) is 25.7 Å². The lowest BCUT2D eigenvalue weighted by Crippen LogP contribution is -2.52. The average Bonchev–Trinajstić information content (AvgIpc) is 3.40. The lowest BCUT2D eigenvalue weighted by molar-refractivity contribution is -0.156. The second kappa shape index (κ2) is 4.74. The van der Waals surface area contributed by atoms with Gasteiger partial charge < -0.3 is 9.47 Å². The van der Waals surface area contributed by atoms with Gasteiger partial charge >= 0.3 is 23.9 Å². The van der Waals surface area contributed by atoms with E-state index in [1.165, 1.54) is 0 Å². The topological polar surface area (TPSA) is 104 Å². The molecular weight excluding hydrogens is 364 g/mol. The largest absolute Gasteiger partial charge is 0.393 e. The number of carbonyl (C=O) groups excluding carboxylic acids is 5. The molecule has 4 bridgehead atoms. The number of cyclic esters (lactones) is 4. The number of ether oxygens (including phenoxy) is 2. The Hall–Kier alpha value is -2.05. The summed E-state index contributed by atoms with van der Waals surface area (Å²) >= 11 is 0. The predicted octanol–water partition coefficient (Wildman–Crippen LogP) is 1.28. The monoisotopic (exact) mass is 386 g/mol. The summed E-state index contributed by atoms with van der Waals surface area (Å²) in [6.45, 7) is 3.86. The highest BCUT2D eigenvalue weighted by atomic mass is 16.6. The van der Waals surface area contributed by atoms with Crippen molar-refractivity contribution in [1.29, 1.82) is 0 Å². The maximum atomic E-state index is 14.0. The van der Waals surface area contributed by atoms with Gasteiger partial charge in [-0.2, -0.15) is 0 Å². The van der Waals surface area contributed by atoms with Gasteiger partial charge in [0.25, 0.3) is 0 Å². The fraction of sp³-hybridized carbons (Fsp3) is 0.762. The quantitative estimate of drug-likeness (QED) is 0.520. The van der Waals surface area contributed by atoms with Crippen LogP contribution in [0.3, 0.4) is 0 Å². The summed E-state index contributed by atoms with van der Waals surface area (Å²) in [6, 6.07) is 0. The standard InChI is InChI=1S/C21H22O7/c1-20(5-7-3-9(20)13-11(7)15(22)27-17(13)24)19(26)21(2)6-8-4-10(21)14-12(8)16(23)28-18(14)25/h7-14H,3-6H2,1-2H3/t7?,8?,9?,10?,11?,12?,13?,14?,20-,21?/m0/s1. The molecule has 0 aromatic carbocycles. The number of Topliss-reactive ketones (excluding diaryl/α,β-unsaturated/α-hetero) is 1. The summed E-state index contributed by atoms with van der Waals surface area (Å²) in [4.78, 5) is 62.6. The van der Waals surface area contributed by atoms with Crippen LogP contribution in [0.4, 0.5) is 0 Å². The van der Waals surface area contributed by atoms with Crippen LogP contribution >= 0.6 is 0 Å². The molecule has 2 aliphatic heterocycles. The molecule has 4 saturated carbocycles. The highest BCUT2D eigenvalue weighted by Crippen LogP contribution is 2.69. The van der Waals surface area contributed by atoms with Gasteiger partial charge in [-0.3, -0.25) is 24.0 Å². The molecule has 0 aromatic heterocycles. The van der Waals surface area contributed by atoms with Crippen LogP contribution in [0.1, 0.15) is 39.5 Å². The fourth-order valence-corrected chi connectivity index (χ4v) is 8.40. The van der Waals surface area contributed by atoms with Crippen molar-refractivity contribution >= 4 is 29.7 Å². The third kappa shape index (κ3) is 1.63. The van der Waals surface area contributed by atoms with Gasteiger partial charge in [-0.15, -0.1) is 0 Å². The third-order valence-electron chi connectivity index (χ3n) is 9.31. The van der Waals surface area contributed by atoms with Crippen LogP contribution in [0, 0.1) is 58.2 Å². The van der Waals surface area contributed by atoms with Gasteiger partial charge in [0.05, 0.1) is 23.7 Å². The van der Waals surface area contributed by atoms with E-state index in [1.807, 2.05) is 13.8 Å². The minimum Gasteiger partial charge on any atom is -0.393 e. The highest BCUT2D eigenvalue weighted by Gasteiger charge is 2.74. The lowest BCUT2D eigenvalue weighted by atomic mass is 9.55. The molecule has 6 aliphatic rings. The summed E-state index contributed by atoms with van der Waals surface area (Å²) in [5, 5.41) is 0. The fourth-order valence-electron chi connectivity index (χ4n) is 8.40. The van der Waals surface area contributed by atoms with E-state index in [1.54, 1.807) is 0 Å². The Morgan fingerprint density at radius 3 is 1.46 bits per heavy atom. The highest BCUT2D eigenvalue weighted by molar-refractivity contribution is 6.01. The molecule has 6 fully saturated rings. The molecule has 6 rings (SSSR count). The first kappa shape index (κ1) is 16.9. The van der Waals surface area contributed by atoms with Gasteiger partial charge in [0.1, 0.15) is 5.78 Å². The normalized spacial score (nSPS) is 55.5. The van der Waals surface area contributed by atoms with Crippen LogP contribution in [0.2, 0.25) is 0 Å². The maximum Gasteiger partial charge on any atom is 0.317 e. The van der Waals surface area contributed by atoms with Crippen molar-refractivity contribution < 1.29 is 33.4 Å². The number of rotatable bonds is 2. The molecule has 2 heterocycles. The molecule has 10 atom stereocenters. The van der Waals surface area contributed by atoms with Gasteiger partial charge in [-0.1, -0.05) is 13.8 Å². The van der Waals surface area contributed by atoms with Gasteiger partial charge in [0, 0.05) is 10.8 Å². The van der Waals surface area contributed by atoms with Crippen LogP contribution in [0.15, 0.2) is 0 Å². The number of ketones is 1. The van der Waals surface area contributed by atoms with Crippen LogP contribution < -0.4 is 0 Å². The smallest absolute Gasteiger partial charge is 0.317 e. The molecule has 0 radical (unpaired) electrons. The molecule has 4 aliphatic carbocycles. The zero-order chi connectivity index (χ0) is 19.7. The second-order valence-electron chi connectivity index (χ2n) is 10.4. The van der Waals surface area contributed by atoms with E-state index in [4.69, 9.17) is 9.47 Å². The molecule has 0 spiro atoms. The third-order valence-corrected chi connectivity index (χ3v) is 9.31. The Morgan fingerprint density at radius 1 is 0.714 bits per heavy atom. The van der Waals surface area contributed by atoms with E-state index in [-0.39, 0.29) is 29.5 Å². The van der Waals surface area contributed by atoms with Crippen LogP contribution in [-0.4, -0.2) is 29.7 Å². The Kier molecular flexibility index (Phi) is 2.85. The summed E-state index contributed by atoms with van der Waals surface area (Å²) in [5.41, 5.74) is -1.40. The first-order valence-electron chi connectivity index (χ1n) is 10.2. The van der Waals surface area contributed by atoms with Gasteiger partial charge in [-0.05, 0) is 49.4 Å². The Labute approximate surface area is 161 Å². The molecular formula is C21H22O7. The van der Waals surface area contributed by atoms with Crippen LogP contribution in [-0.2, 0) is 33.4 Å². The van der Waals surface area contributed by atoms with Crippen molar-refractivity contribution in [3.63, 3.8) is 0 Å². The number of esters is 4. The van der Waals surface area contributed by atoms with Crippen molar-refractivity contribution in [3.05, 3.63) is 0 Å². The van der Waals surface area contributed by atoms with Crippen LogP contribution in [0.5, 0.6) is 0 Å². The molecule has 28 heavy (non-hydrogen) atoms. The number of hydrogen-bond acceptors (Lipinski definition) is 7. The van der Waals surface area contributed by atoms with Gasteiger partial charge in [0.2, 0.25) is 0 Å². The molecule has 2 saturated heterocycles. The van der Waals surface area contributed by atoms with Gasteiger partial charge in [-0.25, -0.2) is 0 Å². The summed E-state index contributed by atoms with van der Waals surface area (Å²) in [6.07, 6.45) is 2.58. The zero-order valence-electron chi connectivity index (χ0n) is 15.8. The van der Waals surface area contributed by atoms with E-state index >= 15 is 0 Å². The van der Waals surface area contributed by atoms with Crippen molar-refractivity contribution in [2.24, 2.45) is 58.2 Å².